The Hall–Kier alpha value is -4.33. The Morgan fingerprint density at radius 3 is 1.19 bits per heavy atom. The van der Waals surface area contributed by atoms with Gasteiger partial charge in [-0.15, -0.1) is 0 Å². The molecule has 0 aromatic heterocycles. The number of aliphatic hydroxyl groups excluding tert-OH is 11. The van der Waals surface area contributed by atoms with E-state index in [1.54, 1.807) is 6.08 Å². The van der Waals surface area contributed by atoms with Crippen molar-refractivity contribution in [3.63, 3.8) is 0 Å². The predicted octanol–water partition coefficient (Wildman–Crippen LogP) is 9.54. The van der Waals surface area contributed by atoms with Gasteiger partial charge >= 0.3 is 0 Å². The first-order valence-corrected chi connectivity index (χ1v) is 35.1. The van der Waals surface area contributed by atoms with E-state index in [0.717, 1.165) is 103 Å². The van der Waals surface area contributed by atoms with Crippen molar-refractivity contribution >= 4 is 5.91 Å². The minimum Gasteiger partial charge on any atom is -0.394 e. The van der Waals surface area contributed by atoms with Crippen molar-refractivity contribution in [3.8, 4) is 0 Å². The largest absolute Gasteiger partial charge is 0.394 e. The van der Waals surface area contributed by atoms with Crippen LogP contribution in [0.25, 0.3) is 0 Å². The first-order valence-electron chi connectivity index (χ1n) is 35.1. The molecular formula is C75H121NO18. The first kappa shape index (κ1) is 83.9. The maximum atomic E-state index is 13.4. The van der Waals surface area contributed by atoms with Gasteiger partial charge in [0.15, 0.2) is 18.9 Å². The molecule has 0 spiro atoms. The van der Waals surface area contributed by atoms with Crippen LogP contribution in [0, 0.1) is 0 Å². The Bertz CT molecular complexity index is 2270. The van der Waals surface area contributed by atoms with Gasteiger partial charge in [-0.1, -0.05) is 211 Å². The van der Waals surface area contributed by atoms with Gasteiger partial charge in [-0.25, -0.2) is 0 Å². The van der Waals surface area contributed by atoms with Crippen LogP contribution in [0.1, 0.15) is 187 Å². The zero-order valence-corrected chi connectivity index (χ0v) is 56.4. The van der Waals surface area contributed by atoms with Gasteiger partial charge in [-0.3, -0.25) is 4.79 Å². The van der Waals surface area contributed by atoms with Crippen LogP contribution in [0.2, 0.25) is 0 Å². The molecule has 3 aliphatic rings. The van der Waals surface area contributed by atoms with E-state index in [9.17, 15) is 61.0 Å². The first-order chi connectivity index (χ1) is 45.8. The number of hydrogen-bond acceptors (Lipinski definition) is 18. The Labute approximate surface area is 562 Å². The summed E-state index contributed by atoms with van der Waals surface area (Å²) < 4.78 is 34.3. The van der Waals surface area contributed by atoms with Crippen LogP contribution >= 0.6 is 0 Å². The lowest BCUT2D eigenvalue weighted by Gasteiger charge is -2.48. The molecule has 0 aliphatic carbocycles. The minimum absolute atomic E-state index is 0.181. The molecule has 19 nitrogen and oxygen atoms in total. The molecule has 3 fully saturated rings. The molecule has 0 radical (unpaired) electrons. The highest BCUT2D eigenvalue weighted by Gasteiger charge is 2.53. The summed E-state index contributed by atoms with van der Waals surface area (Å²) in [6.45, 7) is 1.53. The zero-order valence-electron chi connectivity index (χ0n) is 56.4. The van der Waals surface area contributed by atoms with Gasteiger partial charge in [0.1, 0.15) is 73.2 Å². The van der Waals surface area contributed by atoms with Crippen LogP contribution in [-0.2, 0) is 33.2 Å². The maximum Gasteiger partial charge on any atom is 0.220 e. The normalized spacial score (nSPS) is 28.3. The Morgan fingerprint density at radius 1 is 0.394 bits per heavy atom. The van der Waals surface area contributed by atoms with E-state index in [2.05, 4.69) is 153 Å². The number of carbonyl (C=O) groups is 1. The van der Waals surface area contributed by atoms with Crippen LogP contribution < -0.4 is 5.32 Å². The van der Waals surface area contributed by atoms with Crippen LogP contribution in [0.5, 0.6) is 0 Å². The van der Waals surface area contributed by atoms with Crippen molar-refractivity contribution in [3.05, 3.63) is 146 Å². The Morgan fingerprint density at radius 2 is 0.745 bits per heavy atom. The average Bonchev–Trinajstić information content (AvgIpc) is 0.787. The Balaban J connectivity index is 1.46. The number of hydrogen-bond donors (Lipinski definition) is 12. The van der Waals surface area contributed by atoms with Gasteiger partial charge in [-0.05, 0) is 116 Å². The van der Waals surface area contributed by atoms with E-state index in [1.165, 1.54) is 51.4 Å². The number of carbonyl (C=O) groups excluding carboxylic acids is 1. The molecule has 0 aromatic carbocycles. The topological polar surface area (TPSA) is 307 Å². The minimum atomic E-state index is -1.99. The Kier molecular flexibility index (Phi) is 48.8. The lowest BCUT2D eigenvalue weighted by molar-refractivity contribution is -0.379. The second-order valence-electron chi connectivity index (χ2n) is 24.2. The van der Waals surface area contributed by atoms with Gasteiger partial charge in [0.25, 0.3) is 0 Å². The van der Waals surface area contributed by atoms with Crippen LogP contribution in [0.4, 0.5) is 0 Å². The van der Waals surface area contributed by atoms with Gasteiger partial charge in [0, 0.05) is 6.42 Å². The molecule has 17 atom stereocenters. The highest BCUT2D eigenvalue weighted by Crippen LogP contribution is 2.33. The number of rotatable bonds is 51. The summed E-state index contributed by atoms with van der Waals surface area (Å²) in [4.78, 5) is 13.4. The molecule has 0 bridgehead atoms. The number of allylic oxidation sites excluding steroid dienone is 23. The lowest BCUT2D eigenvalue weighted by atomic mass is 9.96. The number of ether oxygens (including phenoxy) is 6. The van der Waals surface area contributed by atoms with Crippen molar-refractivity contribution in [1.29, 1.82) is 0 Å². The van der Waals surface area contributed by atoms with E-state index in [1.807, 2.05) is 6.08 Å². The predicted molar refractivity (Wildman–Crippen MR) is 369 cm³/mol. The fourth-order valence-electron chi connectivity index (χ4n) is 10.7. The smallest absolute Gasteiger partial charge is 0.220 e. The van der Waals surface area contributed by atoms with Gasteiger partial charge < -0.3 is 89.9 Å². The molecule has 534 valence electrons. The molecule has 17 unspecified atom stereocenters. The second kappa shape index (κ2) is 54.7. The van der Waals surface area contributed by atoms with Crippen LogP contribution in [0.3, 0.4) is 0 Å². The highest BCUT2D eigenvalue weighted by molar-refractivity contribution is 5.76. The van der Waals surface area contributed by atoms with Crippen LogP contribution in [0.15, 0.2) is 146 Å². The third kappa shape index (κ3) is 35.8. The third-order valence-electron chi connectivity index (χ3n) is 16.3. The molecule has 94 heavy (non-hydrogen) atoms. The van der Waals surface area contributed by atoms with Gasteiger partial charge in [0.05, 0.1) is 38.6 Å². The summed E-state index contributed by atoms with van der Waals surface area (Å²) in [5.74, 6) is -0.329. The van der Waals surface area contributed by atoms with E-state index in [4.69, 9.17) is 28.4 Å². The number of nitrogens with one attached hydrogen (secondary N) is 1. The summed E-state index contributed by atoms with van der Waals surface area (Å²) in [7, 11) is 0. The molecule has 3 heterocycles. The molecule has 3 aliphatic heterocycles. The number of amides is 1. The summed E-state index contributed by atoms with van der Waals surface area (Å²) in [6, 6.07) is -1.03. The number of aliphatic hydroxyl groups is 11. The van der Waals surface area contributed by atoms with Crippen LogP contribution in [-0.4, -0.2) is 193 Å². The third-order valence-corrected chi connectivity index (χ3v) is 16.3. The molecule has 1 amide bonds. The SMILES string of the molecule is CC/C=C\C/C=C\C/C=C\C/C=C\C/C=C\C/C=C\C/C=C\C/C=C\C/C=C\CCCCCC(=O)NC(COC1OC(CO)C(OC2OC(CO)C(OC3OC(CO)C(O)C(O)C3O)C(O)C2O)C(O)C1O)C(O)/C=C/CC/C=C/CC/C=C/CCCCCCCCCC. The quantitative estimate of drug-likeness (QED) is 0.0199. The average molecular weight is 1320 g/mol. The van der Waals surface area contributed by atoms with E-state index in [0.29, 0.717) is 12.8 Å². The van der Waals surface area contributed by atoms with Crippen molar-refractivity contribution in [2.75, 3.05) is 26.4 Å². The molecule has 3 rings (SSSR count). The lowest BCUT2D eigenvalue weighted by Crippen LogP contribution is -2.66. The molecule has 0 aromatic rings. The van der Waals surface area contributed by atoms with E-state index < -0.39 is 131 Å². The summed E-state index contributed by atoms with van der Waals surface area (Å²) in [5, 5.41) is 120. The fourth-order valence-corrected chi connectivity index (χ4v) is 10.7. The highest BCUT2D eigenvalue weighted by atomic mass is 16.8. The molecular weight excluding hydrogens is 1200 g/mol. The van der Waals surface area contributed by atoms with Crippen molar-refractivity contribution in [2.24, 2.45) is 0 Å². The maximum absolute atomic E-state index is 13.4. The second-order valence-corrected chi connectivity index (χ2v) is 24.2. The molecule has 12 N–H and O–H groups in total. The molecule has 3 saturated heterocycles. The molecule has 19 heteroatoms. The number of unbranched alkanes of at least 4 members (excludes halogenated alkanes) is 13. The van der Waals surface area contributed by atoms with Gasteiger partial charge in [-0.2, -0.15) is 0 Å². The summed E-state index contributed by atoms with van der Waals surface area (Å²) in [6.07, 6.45) is 51.0. The summed E-state index contributed by atoms with van der Waals surface area (Å²) >= 11 is 0. The van der Waals surface area contributed by atoms with E-state index in [-0.39, 0.29) is 12.3 Å². The fraction of sp³-hybridized carbons (Fsp3) is 0.667. The zero-order chi connectivity index (χ0) is 68.2. The van der Waals surface area contributed by atoms with Crippen molar-refractivity contribution < 1.29 is 89.4 Å². The monoisotopic (exact) mass is 1320 g/mol. The standard InChI is InChI=1S/C75H121NO18/c1-3-5-7-9-11-13-15-17-19-21-23-24-25-26-27-28-29-30-31-32-33-34-35-37-39-41-43-45-47-49-51-53-63(81)76-58(59(80)52-50-48-46-44-42-40-38-36-22-20-18-16-14-12-10-8-6-4-2)57-89-73-69(87)66(84)71(61(55-78)91-73)94-75-70(88)67(85)72(62(56-79)92-75)93-74-68(86)65(83)64(82)60(54-77)90-74/h5,7,11,13,17,19,22-24,26-27,29-30,32-33,35-37,41-44,50,52,58-62,64-75,77-80,82-88H,3-4,6,8-10,12,14-16,18,20-21,25,28,31,34,38-40,45-49,51,53-57H2,1-2H3,(H,76,81)/b7-5-,13-11-,19-17-,24-23-,27-26-,30-29-,33-32-,36-22+,37-35-,43-41-,44-42+,52-50+. The summed E-state index contributed by atoms with van der Waals surface area (Å²) in [5.41, 5.74) is 0. The van der Waals surface area contributed by atoms with Crippen molar-refractivity contribution in [2.45, 2.75) is 291 Å². The van der Waals surface area contributed by atoms with Crippen molar-refractivity contribution in [1.82, 2.24) is 5.32 Å². The molecule has 0 saturated carbocycles. The van der Waals surface area contributed by atoms with Gasteiger partial charge in [0.2, 0.25) is 5.91 Å². The van der Waals surface area contributed by atoms with E-state index >= 15 is 0 Å².